The van der Waals surface area contributed by atoms with Gasteiger partial charge in [0.05, 0.1) is 58.5 Å². The number of hydrogen-bond acceptors (Lipinski definition) is 28. The van der Waals surface area contributed by atoms with Crippen LogP contribution in [0.2, 0.25) is 0 Å². The maximum Gasteiger partial charge on any atom is 0.472 e. The first-order valence-corrected chi connectivity index (χ1v) is 52.3. The van der Waals surface area contributed by atoms with Gasteiger partial charge in [-0.15, -0.1) is 0 Å². The Morgan fingerprint density at radius 1 is 0.359 bits per heavy atom. The molecule has 0 spiro atoms. The van der Waals surface area contributed by atoms with Crippen molar-refractivity contribution < 1.29 is 159 Å². The van der Waals surface area contributed by atoms with Crippen molar-refractivity contribution in [2.75, 3.05) is 105 Å². The standard InChI is InChI=1S/C44H81O9P.C31H41N5O13.C26H41N5O11/c1-4-6-8-10-12-14-16-18-20-22-24-26-28-30-32-36-43(46)50-39-42(40-52-54(48,49)51-38-34-35-41(3)45)53-44(47)37-33-31-29-27-25-23-21-19-17-15-13-11-9-7-5-2;1-2-3-23(40)15-35(17-30(46)47)28(44)11-8-22(39)13-32-27(43)16-36(18-31(48)49)29(45)14-33-26(42)10-9-25(41)24(34-19-37)12-20-4-6-21(38)7-5-20;1-3-5-6-7-20(34)28-12-18(32)9-11-23(37)30(16-25(39)40)14-19(33)8-10-21(35)29-13-24(38)31(17-26(41)42)15-22(36)27-4-2/h18-21,42H,4-17,22-40H2,1-3H3,(H,48,49);4-7,19,24,38H,2-3,8-18H2,1H3,(H,32,43)(H,33,42)(H,34,37)(H,46,47)(H,48,49);3-17H2,1-2H3,(H,27,36)(H,28,34)(H,29,35)(H,39,40)(H,41,42)/b20-18+,21-19+;;/t;24-;/m.0./s1. The first-order chi connectivity index (χ1) is 69.1. The summed E-state index contributed by atoms with van der Waals surface area (Å²) in [5.74, 6) is -15.6. The number of nitrogens with one attached hydrogen (secondary N) is 6. The van der Waals surface area contributed by atoms with E-state index in [2.05, 4.69) is 70.1 Å². The van der Waals surface area contributed by atoms with E-state index in [1.165, 1.54) is 109 Å². The number of Topliss-reactive ketones (excluding diaryl/α,β-unsaturated/α-hetero) is 6. The van der Waals surface area contributed by atoms with Crippen molar-refractivity contribution in [1.82, 2.24) is 51.5 Å². The molecule has 0 aliphatic heterocycles. The molecule has 0 aromatic heterocycles. The number of phenols is 1. The first-order valence-electron chi connectivity index (χ1n) is 50.8. The molecule has 0 radical (unpaired) electrons. The Morgan fingerprint density at radius 3 is 1.16 bits per heavy atom. The quantitative estimate of drug-likeness (QED) is 0.00948. The minimum atomic E-state index is -4.45. The molecule has 145 heavy (non-hydrogen) atoms. The molecule has 10 amide bonds. The summed E-state index contributed by atoms with van der Waals surface area (Å²) in [6.45, 7) is 2.90. The smallest absolute Gasteiger partial charge is 0.472 e. The highest BCUT2D eigenvalue weighted by Crippen LogP contribution is 2.43. The SMILES string of the molecule is CCCC(=O)CN(CC(=O)O)C(=O)CCC(=O)CNC(=O)CN(CC(=O)O)C(=O)CNC(=O)CCC(=O)[C@H](Cc1ccc(O)cc1)NC=O.CCCCCC(=O)NCC(=O)CCC(=O)N(CC(=O)O)CC(=O)CCC(=O)NCC(=O)N(CC(=O)O)CC(=O)NCC.CCCCCCCC/C=C/CCCCCCCC(=O)OCC(COP(=O)(O)OCCCC(C)=O)OC(=O)CCCCCCC/C=C/CCCCCCCC. The third kappa shape index (κ3) is 82.1. The van der Waals surface area contributed by atoms with Gasteiger partial charge in [0.15, 0.2) is 35.0 Å². The number of carboxylic acids is 4. The number of hydrogen-bond donors (Lipinski definition) is 12. The van der Waals surface area contributed by atoms with Crippen molar-refractivity contribution in [1.29, 1.82) is 0 Å². The number of rotatable bonds is 89. The second kappa shape index (κ2) is 87.5. The number of phosphoric acid groups is 1. The van der Waals surface area contributed by atoms with Crippen molar-refractivity contribution in [3.63, 3.8) is 0 Å². The molecule has 0 aliphatic carbocycles. The minimum Gasteiger partial charge on any atom is -0.508 e. The molecule has 0 saturated heterocycles. The van der Waals surface area contributed by atoms with Crippen LogP contribution in [0.3, 0.4) is 0 Å². The van der Waals surface area contributed by atoms with E-state index in [1.54, 1.807) is 26.0 Å². The first kappa shape index (κ1) is 135. The number of amides is 10. The number of carbonyl (C=O) groups is 22. The zero-order chi connectivity index (χ0) is 109. The molecule has 2 unspecified atom stereocenters. The average Bonchev–Trinajstić information content (AvgIpc) is 0.885. The zero-order valence-electron chi connectivity index (χ0n) is 85.9. The number of esters is 2. The summed E-state index contributed by atoms with van der Waals surface area (Å²) in [6.07, 6.45) is 40.3. The van der Waals surface area contributed by atoms with Gasteiger partial charge in [-0.05, 0) is 121 Å². The van der Waals surface area contributed by atoms with Gasteiger partial charge in [-0.3, -0.25) is 110 Å². The molecule has 1 aromatic rings. The number of carboxylic acid groups (broad SMARTS) is 4. The number of aliphatic carboxylic acids is 4. The third-order valence-corrected chi connectivity index (χ3v) is 22.7. The highest BCUT2D eigenvalue weighted by molar-refractivity contribution is 7.47. The number of ketones is 6. The summed E-state index contributed by atoms with van der Waals surface area (Å²) in [7, 11) is -4.45. The van der Waals surface area contributed by atoms with Crippen LogP contribution in [-0.4, -0.2) is 297 Å². The number of phosphoric ester groups is 1. The number of likely N-dealkylation sites (N-methyl/N-ethyl adjacent to an activating group) is 1. The van der Waals surface area contributed by atoms with E-state index in [4.69, 9.17) is 38.9 Å². The lowest BCUT2D eigenvalue weighted by atomic mass is 9.99. The second-order valence-corrected chi connectivity index (χ2v) is 36.5. The van der Waals surface area contributed by atoms with Gasteiger partial charge in [0.2, 0.25) is 59.6 Å². The Balaban J connectivity index is 0. The van der Waals surface area contributed by atoms with Crippen LogP contribution in [0.1, 0.15) is 330 Å². The number of nitrogens with zero attached hydrogens (tertiary/aromatic N) is 4. The Bertz CT molecular complexity index is 4200. The van der Waals surface area contributed by atoms with Crippen LogP contribution in [0.5, 0.6) is 5.75 Å². The van der Waals surface area contributed by atoms with E-state index in [-0.39, 0.29) is 120 Å². The Labute approximate surface area is 851 Å². The second-order valence-electron chi connectivity index (χ2n) is 35.0. The predicted molar refractivity (Wildman–Crippen MR) is 535 cm³/mol. The van der Waals surface area contributed by atoms with Gasteiger partial charge in [0.25, 0.3) is 0 Å². The molecule has 43 nitrogen and oxygen atoms in total. The van der Waals surface area contributed by atoms with Crippen LogP contribution in [-0.2, 0) is 135 Å². The van der Waals surface area contributed by atoms with E-state index in [0.717, 1.165) is 91.7 Å². The molecular weight excluding hydrogens is 1910 g/mol. The average molecular weight is 2080 g/mol. The van der Waals surface area contributed by atoms with E-state index in [1.807, 2.05) is 6.92 Å². The number of benzene rings is 1. The third-order valence-electron chi connectivity index (χ3n) is 21.7. The zero-order valence-corrected chi connectivity index (χ0v) is 86.8. The predicted octanol–water partition coefficient (Wildman–Crippen LogP) is 9.66. The van der Waals surface area contributed by atoms with Crippen LogP contribution in [0.25, 0.3) is 0 Å². The van der Waals surface area contributed by atoms with E-state index >= 15 is 0 Å². The number of carbonyl (C=O) groups excluding carboxylic acids is 18. The molecule has 0 bridgehead atoms. The largest absolute Gasteiger partial charge is 0.508 e. The van der Waals surface area contributed by atoms with E-state index in [0.29, 0.717) is 42.6 Å². The van der Waals surface area contributed by atoms with Crippen molar-refractivity contribution >= 4 is 138 Å². The molecule has 820 valence electrons. The van der Waals surface area contributed by atoms with Crippen molar-refractivity contribution in [3.8, 4) is 5.75 Å². The lowest BCUT2D eigenvalue weighted by Crippen LogP contribution is -2.47. The van der Waals surface area contributed by atoms with Crippen molar-refractivity contribution in [2.24, 2.45) is 0 Å². The molecule has 3 atom stereocenters. The van der Waals surface area contributed by atoms with Crippen molar-refractivity contribution in [3.05, 3.63) is 54.1 Å². The molecule has 0 fully saturated rings. The number of ether oxygens (including phenoxy) is 2. The molecule has 1 rings (SSSR count). The highest BCUT2D eigenvalue weighted by Gasteiger charge is 2.30. The molecule has 0 saturated carbocycles. The van der Waals surface area contributed by atoms with Gasteiger partial charge < -0.3 is 96.2 Å². The number of phenolic OH excluding ortho intramolecular Hbond substituents is 1. The minimum absolute atomic E-state index is 0.0155. The summed E-state index contributed by atoms with van der Waals surface area (Å²) in [5.41, 5.74) is 0.638. The molecule has 12 N–H and O–H groups in total. The fourth-order valence-corrected chi connectivity index (χ4v) is 14.5. The van der Waals surface area contributed by atoms with Crippen LogP contribution >= 0.6 is 7.82 Å². The summed E-state index contributed by atoms with van der Waals surface area (Å²) in [4.78, 5) is 276. The van der Waals surface area contributed by atoms with Gasteiger partial charge in [0.1, 0.15) is 57.4 Å². The normalized spacial score (nSPS) is 11.7. The monoisotopic (exact) mass is 2080 g/mol. The molecule has 0 aliphatic rings. The van der Waals surface area contributed by atoms with Crippen molar-refractivity contribution in [2.45, 2.75) is 343 Å². The maximum absolute atomic E-state index is 12.6. The summed E-state index contributed by atoms with van der Waals surface area (Å²) in [5, 5.41) is 59.5. The van der Waals surface area contributed by atoms with Gasteiger partial charge in [-0.25, -0.2) is 4.57 Å². The summed E-state index contributed by atoms with van der Waals surface area (Å²) < 4.78 is 33.3. The van der Waals surface area contributed by atoms with Crippen LogP contribution in [0.15, 0.2) is 48.6 Å². The fourth-order valence-electron chi connectivity index (χ4n) is 13.7. The fraction of sp³-hybridized carbons (Fsp3) is 0.683. The van der Waals surface area contributed by atoms with Gasteiger partial charge in [0, 0.05) is 90.0 Å². The van der Waals surface area contributed by atoms with E-state index in [9.17, 15) is 120 Å². The maximum atomic E-state index is 12.6. The Morgan fingerprint density at radius 2 is 0.731 bits per heavy atom. The lowest BCUT2D eigenvalue weighted by molar-refractivity contribution is -0.161. The topological polar surface area (TPSA) is 636 Å². The number of allylic oxidation sites excluding steroid dienone is 4. The van der Waals surface area contributed by atoms with Gasteiger partial charge in [-0.1, -0.05) is 180 Å². The molecule has 1 aromatic carbocycles. The number of unbranched alkanes of at least 4 members (excludes halogenated alkanes) is 24. The summed E-state index contributed by atoms with van der Waals surface area (Å²) >= 11 is 0. The Hall–Kier alpha value is -11.8. The summed E-state index contributed by atoms with van der Waals surface area (Å²) in [6, 6.07) is 4.98. The van der Waals surface area contributed by atoms with Crippen LogP contribution < -0.4 is 31.9 Å². The molecule has 44 heteroatoms. The highest BCUT2D eigenvalue weighted by atomic mass is 31.2. The molecule has 0 heterocycles. The van der Waals surface area contributed by atoms with Gasteiger partial charge >= 0.3 is 43.6 Å². The van der Waals surface area contributed by atoms with Gasteiger partial charge in [-0.2, -0.15) is 0 Å². The number of aromatic hydroxyl groups is 1. The Kier molecular flexibility index (Phi) is 81.6. The van der Waals surface area contributed by atoms with Crippen LogP contribution in [0.4, 0.5) is 0 Å². The van der Waals surface area contributed by atoms with E-state index < -0.39 is 230 Å². The lowest BCUT2D eigenvalue weighted by Gasteiger charge is -2.21. The molecular formula is C101H163N10O33P. The van der Waals surface area contributed by atoms with Crippen LogP contribution in [0, 0.1) is 0 Å².